The van der Waals surface area contributed by atoms with Gasteiger partial charge < -0.3 is 10.4 Å². The molecule has 1 heterocycles. The molecule has 0 atom stereocenters. The third-order valence-electron chi connectivity index (χ3n) is 2.52. The van der Waals surface area contributed by atoms with Crippen LogP contribution in [-0.4, -0.2) is 11.1 Å². The number of hydrogen-bond donors (Lipinski definition) is 2. The number of aromatic carboxylic acids is 1. The lowest BCUT2D eigenvalue weighted by atomic mass is 10.1. The summed E-state index contributed by atoms with van der Waals surface area (Å²) in [6.07, 6.45) is 0. The van der Waals surface area contributed by atoms with Crippen LogP contribution in [0.5, 0.6) is 0 Å². The van der Waals surface area contributed by atoms with Crippen LogP contribution in [0.1, 0.15) is 21.5 Å². The summed E-state index contributed by atoms with van der Waals surface area (Å²) >= 11 is 5.07. The van der Waals surface area contributed by atoms with Crippen molar-refractivity contribution in [3.8, 4) is 0 Å². The number of carboxylic acid groups (broad SMARTS) is 1. The maximum Gasteiger partial charge on any atom is 0.335 e. The van der Waals surface area contributed by atoms with Gasteiger partial charge in [-0.25, -0.2) is 4.79 Å². The van der Waals surface area contributed by atoms with E-state index in [2.05, 4.69) is 38.1 Å². The SMILES string of the molecule is O=C(O)c1ccc(CNCc2ccsc2)c(Br)c1. The van der Waals surface area contributed by atoms with Gasteiger partial charge in [0.05, 0.1) is 5.56 Å². The Morgan fingerprint density at radius 3 is 2.78 bits per heavy atom. The van der Waals surface area contributed by atoms with Crippen molar-refractivity contribution >= 4 is 33.2 Å². The molecule has 1 aromatic carbocycles. The Hall–Kier alpha value is -1.17. The quantitative estimate of drug-likeness (QED) is 0.884. The molecule has 2 N–H and O–H groups in total. The fourth-order valence-corrected chi connectivity index (χ4v) is 2.75. The number of rotatable bonds is 5. The van der Waals surface area contributed by atoms with Crippen LogP contribution in [0, 0.1) is 0 Å². The highest BCUT2D eigenvalue weighted by atomic mass is 79.9. The van der Waals surface area contributed by atoms with E-state index in [4.69, 9.17) is 5.11 Å². The van der Waals surface area contributed by atoms with Crippen molar-refractivity contribution in [2.45, 2.75) is 13.1 Å². The predicted molar refractivity (Wildman–Crippen MR) is 76.0 cm³/mol. The number of benzene rings is 1. The number of carboxylic acids is 1. The Bertz CT molecular complexity index is 540. The van der Waals surface area contributed by atoms with E-state index >= 15 is 0 Å². The number of hydrogen-bond acceptors (Lipinski definition) is 3. The zero-order valence-corrected chi connectivity index (χ0v) is 11.9. The molecule has 0 bridgehead atoms. The van der Waals surface area contributed by atoms with Gasteiger partial charge in [0.25, 0.3) is 0 Å². The van der Waals surface area contributed by atoms with Crippen LogP contribution in [0.2, 0.25) is 0 Å². The van der Waals surface area contributed by atoms with Crippen molar-refractivity contribution in [3.63, 3.8) is 0 Å². The van der Waals surface area contributed by atoms with E-state index < -0.39 is 5.97 Å². The Morgan fingerprint density at radius 2 is 2.17 bits per heavy atom. The first kappa shape index (κ1) is 13.3. The summed E-state index contributed by atoms with van der Waals surface area (Å²) in [6, 6.07) is 7.16. The predicted octanol–water partition coefficient (Wildman–Crippen LogP) is 3.50. The van der Waals surface area contributed by atoms with Crippen LogP contribution >= 0.6 is 27.3 Å². The molecular formula is C13H12BrNO2S. The van der Waals surface area contributed by atoms with Crippen LogP contribution in [0.25, 0.3) is 0 Å². The molecule has 0 aliphatic heterocycles. The van der Waals surface area contributed by atoms with Crippen LogP contribution in [0.4, 0.5) is 0 Å². The number of carbonyl (C=O) groups is 1. The molecule has 0 radical (unpaired) electrons. The molecule has 18 heavy (non-hydrogen) atoms. The Morgan fingerprint density at radius 1 is 1.33 bits per heavy atom. The lowest BCUT2D eigenvalue weighted by Gasteiger charge is -2.07. The maximum absolute atomic E-state index is 10.8. The fourth-order valence-electron chi connectivity index (χ4n) is 1.56. The smallest absolute Gasteiger partial charge is 0.335 e. The van der Waals surface area contributed by atoms with Crippen molar-refractivity contribution in [1.29, 1.82) is 0 Å². The van der Waals surface area contributed by atoms with Gasteiger partial charge in [-0.1, -0.05) is 22.0 Å². The van der Waals surface area contributed by atoms with Gasteiger partial charge in [-0.05, 0) is 40.1 Å². The largest absolute Gasteiger partial charge is 0.478 e. The highest BCUT2D eigenvalue weighted by Crippen LogP contribution is 2.19. The van der Waals surface area contributed by atoms with Gasteiger partial charge in [0, 0.05) is 17.6 Å². The van der Waals surface area contributed by atoms with Crippen molar-refractivity contribution in [3.05, 3.63) is 56.2 Å². The highest BCUT2D eigenvalue weighted by molar-refractivity contribution is 9.10. The molecule has 2 rings (SSSR count). The van der Waals surface area contributed by atoms with Gasteiger partial charge in [-0.2, -0.15) is 11.3 Å². The minimum absolute atomic E-state index is 0.295. The minimum atomic E-state index is -0.909. The van der Waals surface area contributed by atoms with Gasteiger partial charge in [-0.3, -0.25) is 0 Å². The summed E-state index contributed by atoms with van der Waals surface area (Å²) in [5.41, 5.74) is 2.61. The fraction of sp³-hybridized carbons (Fsp3) is 0.154. The van der Waals surface area contributed by atoms with Gasteiger partial charge in [-0.15, -0.1) is 0 Å². The minimum Gasteiger partial charge on any atom is -0.478 e. The molecule has 2 aromatic rings. The highest BCUT2D eigenvalue weighted by Gasteiger charge is 2.06. The lowest BCUT2D eigenvalue weighted by Crippen LogP contribution is -2.12. The number of nitrogens with one attached hydrogen (secondary N) is 1. The first-order chi connectivity index (χ1) is 8.66. The molecule has 0 spiro atoms. The summed E-state index contributed by atoms with van der Waals surface area (Å²) in [5, 5.41) is 16.3. The molecule has 94 valence electrons. The summed E-state index contributed by atoms with van der Waals surface area (Å²) in [5.74, 6) is -0.909. The average Bonchev–Trinajstić information content (AvgIpc) is 2.84. The van der Waals surface area contributed by atoms with Crippen LogP contribution < -0.4 is 5.32 Å². The summed E-state index contributed by atoms with van der Waals surface area (Å²) < 4.78 is 0.820. The third kappa shape index (κ3) is 3.41. The molecule has 0 saturated carbocycles. The Labute approximate surface area is 118 Å². The Balaban J connectivity index is 1.95. The molecule has 3 nitrogen and oxygen atoms in total. The average molecular weight is 326 g/mol. The van der Waals surface area contributed by atoms with Crippen molar-refractivity contribution in [1.82, 2.24) is 5.32 Å². The molecular weight excluding hydrogens is 314 g/mol. The standard InChI is InChI=1S/C13H12BrNO2S/c14-12-5-10(13(16)17)1-2-11(12)7-15-6-9-3-4-18-8-9/h1-5,8,15H,6-7H2,(H,16,17). The van der Waals surface area contributed by atoms with E-state index in [1.54, 1.807) is 23.5 Å². The second-order valence-corrected chi connectivity index (χ2v) is 5.48. The number of halogens is 1. The topological polar surface area (TPSA) is 49.3 Å². The van der Waals surface area contributed by atoms with Gasteiger partial charge in [0.15, 0.2) is 0 Å². The summed E-state index contributed by atoms with van der Waals surface area (Å²) in [6.45, 7) is 1.52. The zero-order chi connectivity index (χ0) is 13.0. The molecule has 0 unspecified atom stereocenters. The van der Waals surface area contributed by atoms with E-state index in [-0.39, 0.29) is 0 Å². The van der Waals surface area contributed by atoms with Gasteiger partial charge >= 0.3 is 5.97 Å². The molecule has 1 aromatic heterocycles. The first-order valence-corrected chi connectivity index (χ1v) is 7.14. The van der Waals surface area contributed by atoms with Crippen LogP contribution in [0.15, 0.2) is 39.5 Å². The monoisotopic (exact) mass is 325 g/mol. The zero-order valence-electron chi connectivity index (χ0n) is 9.52. The third-order valence-corrected chi connectivity index (χ3v) is 3.99. The molecule has 0 saturated heterocycles. The summed E-state index contributed by atoms with van der Waals surface area (Å²) in [7, 11) is 0. The van der Waals surface area contributed by atoms with E-state index in [1.807, 2.05) is 6.07 Å². The maximum atomic E-state index is 10.8. The van der Waals surface area contributed by atoms with Crippen molar-refractivity contribution in [2.75, 3.05) is 0 Å². The normalized spacial score (nSPS) is 10.5. The van der Waals surface area contributed by atoms with E-state index in [0.29, 0.717) is 12.1 Å². The molecule has 0 amide bonds. The van der Waals surface area contributed by atoms with Gasteiger partial charge in [0.2, 0.25) is 0 Å². The number of thiophene rings is 1. The van der Waals surface area contributed by atoms with Gasteiger partial charge in [0.1, 0.15) is 0 Å². The van der Waals surface area contributed by atoms with E-state index in [9.17, 15) is 4.79 Å². The molecule has 0 aliphatic rings. The van der Waals surface area contributed by atoms with Crippen LogP contribution in [0.3, 0.4) is 0 Å². The molecule has 5 heteroatoms. The molecule has 0 aliphatic carbocycles. The Kier molecular flexibility index (Phi) is 4.52. The summed E-state index contributed by atoms with van der Waals surface area (Å²) in [4.78, 5) is 10.8. The second kappa shape index (κ2) is 6.13. The first-order valence-electron chi connectivity index (χ1n) is 5.40. The van der Waals surface area contributed by atoms with E-state index in [0.717, 1.165) is 16.6 Å². The van der Waals surface area contributed by atoms with E-state index in [1.165, 1.54) is 5.56 Å². The van der Waals surface area contributed by atoms with Crippen molar-refractivity contribution in [2.24, 2.45) is 0 Å². The second-order valence-electron chi connectivity index (χ2n) is 3.85. The lowest BCUT2D eigenvalue weighted by molar-refractivity contribution is 0.0697. The molecule has 0 fully saturated rings. The van der Waals surface area contributed by atoms with Crippen molar-refractivity contribution < 1.29 is 9.90 Å². The van der Waals surface area contributed by atoms with Crippen LogP contribution in [-0.2, 0) is 13.1 Å².